The Bertz CT molecular complexity index is 906. The molecule has 3 aromatic carbocycles. The van der Waals surface area contributed by atoms with E-state index in [4.69, 9.17) is 0 Å². The number of carbonyl (C=O) groups excluding carboxylic acids is 1. The van der Waals surface area contributed by atoms with Gasteiger partial charge in [-0.15, -0.1) is 0 Å². The second kappa shape index (κ2) is 10.4. The molecule has 1 aliphatic rings. The molecule has 3 aromatic rings. The molecule has 4 rings (SSSR count). The molecule has 1 fully saturated rings. The minimum absolute atomic E-state index is 0.114. The molecule has 3 nitrogen and oxygen atoms in total. The molecule has 1 atom stereocenters. The van der Waals surface area contributed by atoms with E-state index in [9.17, 15) is 4.79 Å². The van der Waals surface area contributed by atoms with Gasteiger partial charge in [0.15, 0.2) is 0 Å². The Balaban J connectivity index is 1.67. The molecule has 1 aliphatic carbocycles. The first-order chi connectivity index (χ1) is 15.2. The van der Waals surface area contributed by atoms with Crippen molar-refractivity contribution in [3.05, 3.63) is 107 Å². The van der Waals surface area contributed by atoms with Gasteiger partial charge in [0.25, 0.3) is 0 Å². The van der Waals surface area contributed by atoms with Crippen molar-refractivity contribution in [1.29, 1.82) is 0 Å². The minimum Gasteiger partial charge on any atom is -0.352 e. The van der Waals surface area contributed by atoms with E-state index in [0.717, 1.165) is 18.4 Å². The normalized spacial score (nSPS) is 15.2. The van der Waals surface area contributed by atoms with E-state index in [1.807, 2.05) is 12.1 Å². The number of rotatable bonds is 8. The fourth-order valence-corrected chi connectivity index (χ4v) is 4.50. The first-order valence-corrected chi connectivity index (χ1v) is 11.4. The van der Waals surface area contributed by atoms with Crippen molar-refractivity contribution in [3.8, 4) is 0 Å². The Morgan fingerprint density at radius 2 is 1.35 bits per heavy atom. The number of carbonyl (C=O) groups is 1. The molecule has 3 heteroatoms. The number of hydrogen-bond donors (Lipinski definition) is 1. The summed E-state index contributed by atoms with van der Waals surface area (Å²) >= 11 is 0. The Kier molecular flexibility index (Phi) is 7.16. The first kappa shape index (κ1) is 21.3. The summed E-state index contributed by atoms with van der Waals surface area (Å²) < 4.78 is 0. The summed E-state index contributed by atoms with van der Waals surface area (Å²) in [5, 5.41) is 3.36. The summed E-state index contributed by atoms with van der Waals surface area (Å²) in [5.41, 5.74) is 4.68. The fraction of sp³-hybridized carbons (Fsp3) is 0.321. The van der Waals surface area contributed by atoms with Crippen molar-refractivity contribution in [2.45, 2.75) is 57.8 Å². The molecule has 0 saturated heterocycles. The Hall–Kier alpha value is -2.91. The van der Waals surface area contributed by atoms with E-state index >= 15 is 0 Å². The molecule has 0 bridgehead atoms. The highest BCUT2D eigenvalue weighted by Crippen LogP contribution is 2.27. The van der Waals surface area contributed by atoms with Crippen molar-refractivity contribution < 1.29 is 4.79 Å². The maximum absolute atomic E-state index is 13.7. The molecule has 0 spiro atoms. The number of aryl methyl sites for hydroxylation is 1. The van der Waals surface area contributed by atoms with Crippen LogP contribution < -0.4 is 5.32 Å². The van der Waals surface area contributed by atoms with Gasteiger partial charge in [-0.25, -0.2) is 0 Å². The molecule has 160 valence electrons. The Morgan fingerprint density at radius 3 is 1.87 bits per heavy atom. The molecular weight excluding hydrogens is 380 g/mol. The number of amides is 1. The lowest BCUT2D eigenvalue weighted by molar-refractivity contribution is -0.128. The van der Waals surface area contributed by atoms with E-state index in [1.165, 1.54) is 29.5 Å². The number of hydrogen-bond acceptors (Lipinski definition) is 2. The summed E-state index contributed by atoms with van der Waals surface area (Å²) in [7, 11) is 0. The predicted octanol–water partition coefficient (Wildman–Crippen LogP) is 5.80. The molecular formula is C28H32N2O. The zero-order chi connectivity index (χ0) is 21.5. The first-order valence-electron chi connectivity index (χ1n) is 11.4. The lowest BCUT2D eigenvalue weighted by Gasteiger charge is -2.32. The van der Waals surface area contributed by atoms with Gasteiger partial charge in [0.2, 0.25) is 5.91 Å². The van der Waals surface area contributed by atoms with Crippen LogP contribution in [0, 0.1) is 6.92 Å². The lowest BCUT2D eigenvalue weighted by atomic mass is 10.00. The van der Waals surface area contributed by atoms with Crippen LogP contribution >= 0.6 is 0 Å². The van der Waals surface area contributed by atoms with Gasteiger partial charge in [-0.1, -0.05) is 103 Å². The molecule has 0 aromatic heterocycles. The van der Waals surface area contributed by atoms with Crippen molar-refractivity contribution in [3.63, 3.8) is 0 Å². The van der Waals surface area contributed by atoms with Gasteiger partial charge in [0.1, 0.15) is 6.04 Å². The van der Waals surface area contributed by atoms with Crippen LogP contribution in [0.15, 0.2) is 84.9 Å². The number of nitrogens with one attached hydrogen (secondary N) is 1. The van der Waals surface area contributed by atoms with Crippen LogP contribution in [0.3, 0.4) is 0 Å². The van der Waals surface area contributed by atoms with Crippen LogP contribution in [0.5, 0.6) is 0 Å². The van der Waals surface area contributed by atoms with Gasteiger partial charge in [0, 0.05) is 19.1 Å². The van der Waals surface area contributed by atoms with E-state index < -0.39 is 0 Å². The van der Waals surface area contributed by atoms with Crippen molar-refractivity contribution in [2.24, 2.45) is 0 Å². The largest absolute Gasteiger partial charge is 0.352 e. The molecule has 0 heterocycles. The van der Waals surface area contributed by atoms with Gasteiger partial charge in [0.05, 0.1) is 0 Å². The molecule has 1 amide bonds. The van der Waals surface area contributed by atoms with Crippen LogP contribution in [0.2, 0.25) is 0 Å². The van der Waals surface area contributed by atoms with E-state index in [2.05, 4.69) is 89.9 Å². The predicted molar refractivity (Wildman–Crippen MR) is 126 cm³/mol. The van der Waals surface area contributed by atoms with Gasteiger partial charge >= 0.3 is 0 Å². The van der Waals surface area contributed by atoms with E-state index in [1.54, 1.807) is 0 Å². The quantitative estimate of drug-likeness (QED) is 0.507. The van der Waals surface area contributed by atoms with Crippen molar-refractivity contribution >= 4 is 5.91 Å². The van der Waals surface area contributed by atoms with Crippen LogP contribution in [-0.2, 0) is 17.9 Å². The standard InChI is InChI=1S/C28H32N2O/c1-22-16-18-25(19-17-22)27(28(31)29-26-14-8-9-15-26)30(20-23-10-4-2-5-11-23)21-24-12-6-3-7-13-24/h2-7,10-13,16-19,26-27H,8-9,14-15,20-21H2,1H3,(H,29,31). The Labute approximate surface area is 186 Å². The molecule has 31 heavy (non-hydrogen) atoms. The third-order valence-corrected chi connectivity index (χ3v) is 6.17. The van der Waals surface area contributed by atoms with Gasteiger partial charge < -0.3 is 5.32 Å². The molecule has 1 unspecified atom stereocenters. The van der Waals surface area contributed by atoms with E-state index in [0.29, 0.717) is 19.1 Å². The van der Waals surface area contributed by atoms with Gasteiger partial charge in [-0.3, -0.25) is 9.69 Å². The molecule has 1 N–H and O–H groups in total. The monoisotopic (exact) mass is 412 g/mol. The zero-order valence-corrected chi connectivity index (χ0v) is 18.3. The minimum atomic E-state index is -0.332. The topological polar surface area (TPSA) is 32.3 Å². The molecule has 1 saturated carbocycles. The average molecular weight is 413 g/mol. The lowest BCUT2D eigenvalue weighted by Crippen LogP contribution is -2.43. The summed E-state index contributed by atoms with van der Waals surface area (Å²) in [5.74, 6) is 0.114. The fourth-order valence-electron chi connectivity index (χ4n) is 4.50. The van der Waals surface area contributed by atoms with Crippen LogP contribution in [0.1, 0.15) is 54.0 Å². The summed E-state index contributed by atoms with van der Waals surface area (Å²) in [6.07, 6.45) is 4.59. The highest BCUT2D eigenvalue weighted by Gasteiger charge is 2.30. The summed E-state index contributed by atoms with van der Waals surface area (Å²) in [6.45, 7) is 3.52. The second-order valence-corrected chi connectivity index (χ2v) is 8.68. The highest BCUT2D eigenvalue weighted by molar-refractivity contribution is 5.83. The molecule has 0 aliphatic heterocycles. The zero-order valence-electron chi connectivity index (χ0n) is 18.3. The van der Waals surface area contributed by atoms with Gasteiger partial charge in [-0.05, 0) is 36.5 Å². The second-order valence-electron chi connectivity index (χ2n) is 8.68. The third-order valence-electron chi connectivity index (χ3n) is 6.17. The Morgan fingerprint density at radius 1 is 0.839 bits per heavy atom. The van der Waals surface area contributed by atoms with Gasteiger partial charge in [-0.2, -0.15) is 0 Å². The average Bonchev–Trinajstić information content (AvgIpc) is 3.30. The summed E-state index contributed by atoms with van der Waals surface area (Å²) in [6, 6.07) is 29.3. The van der Waals surface area contributed by atoms with E-state index in [-0.39, 0.29) is 11.9 Å². The number of benzene rings is 3. The summed E-state index contributed by atoms with van der Waals surface area (Å²) in [4.78, 5) is 16.0. The highest BCUT2D eigenvalue weighted by atomic mass is 16.2. The van der Waals surface area contributed by atoms with Crippen molar-refractivity contribution in [2.75, 3.05) is 0 Å². The maximum atomic E-state index is 13.7. The van der Waals surface area contributed by atoms with Crippen LogP contribution in [0.25, 0.3) is 0 Å². The third kappa shape index (κ3) is 5.83. The molecule has 0 radical (unpaired) electrons. The smallest absolute Gasteiger partial charge is 0.242 e. The number of nitrogens with zero attached hydrogens (tertiary/aromatic N) is 1. The van der Waals surface area contributed by atoms with Crippen molar-refractivity contribution in [1.82, 2.24) is 10.2 Å². The SMILES string of the molecule is Cc1ccc(C(C(=O)NC2CCCC2)N(Cc2ccccc2)Cc2ccccc2)cc1. The van der Waals surface area contributed by atoms with Crippen LogP contribution in [0.4, 0.5) is 0 Å². The van der Waals surface area contributed by atoms with Crippen LogP contribution in [-0.4, -0.2) is 16.8 Å². The maximum Gasteiger partial charge on any atom is 0.242 e.